The van der Waals surface area contributed by atoms with Gasteiger partial charge in [-0.1, -0.05) is 0 Å². The van der Waals surface area contributed by atoms with Crippen LogP contribution in [0.3, 0.4) is 0 Å². The van der Waals surface area contributed by atoms with Gasteiger partial charge in [-0.25, -0.2) is 0 Å². The van der Waals surface area contributed by atoms with Crippen LogP contribution < -0.4 is 5.73 Å². The smallest absolute Gasteiger partial charge is 0.0628 e. The van der Waals surface area contributed by atoms with E-state index in [1.54, 1.807) is 0 Å². The Labute approximate surface area is 114 Å². The van der Waals surface area contributed by atoms with Gasteiger partial charge in [0.05, 0.1) is 11.9 Å². The van der Waals surface area contributed by atoms with E-state index in [4.69, 9.17) is 5.73 Å². The van der Waals surface area contributed by atoms with Crippen LogP contribution in [0, 0.1) is 13.8 Å². The molecule has 0 aromatic carbocycles. The largest absolute Gasteiger partial charge is 0.327 e. The predicted molar refractivity (Wildman–Crippen MR) is 75.9 cm³/mol. The van der Waals surface area contributed by atoms with Crippen LogP contribution in [0.4, 0.5) is 0 Å². The molecule has 2 N–H and O–H groups in total. The lowest BCUT2D eigenvalue weighted by atomic mass is 10.00. The lowest BCUT2D eigenvalue weighted by molar-refractivity contribution is 0.606. The maximum atomic E-state index is 6.24. The first kappa shape index (κ1) is 13.8. The van der Waals surface area contributed by atoms with Gasteiger partial charge in [0.15, 0.2) is 0 Å². The van der Waals surface area contributed by atoms with Gasteiger partial charge in [-0.2, -0.15) is 10.2 Å². The van der Waals surface area contributed by atoms with Crippen LogP contribution in [0.25, 0.3) is 0 Å². The van der Waals surface area contributed by atoms with Gasteiger partial charge in [-0.05, 0) is 44.2 Å². The van der Waals surface area contributed by atoms with E-state index in [1.165, 1.54) is 16.8 Å². The van der Waals surface area contributed by atoms with Crippen molar-refractivity contribution < 1.29 is 0 Å². The summed E-state index contributed by atoms with van der Waals surface area (Å²) in [7, 11) is 3.92. The first-order valence-corrected chi connectivity index (χ1v) is 6.69. The molecule has 104 valence electrons. The number of aryl methyl sites for hydroxylation is 4. The summed E-state index contributed by atoms with van der Waals surface area (Å²) in [5.41, 5.74) is 11.1. The van der Waals surface area contributed by atoms with E-state index in [9.17, 15) is 0 Å². The van der Waals surface area contributed by atoms with Crippen molar-refractivity contribution in [2.75, 3.05) is 0 Å². The molecule has 1 unspecified atom stereocenters. The zero-order chi connectivity index (χ0) is 14.0. The maximum Gasteiger partial charge on any atom is 0.0628 e. The second-order valence-electron chi connectivity index (χ2n) is 5.30. The van der Waals surface area contributed by atoms with Crippen molar-refractivity contribution in [2.45, 2.75) is 39.2 Å². The molecular formula is C14H23N5. The number of hydrogen-bond acceptors (Lipinski definition) is 3. The highest BCUT2D eigenvalue weighted by Crippen LogP contribution is 2.15. The Morgan fingerprint density at radius 2 is 2.05 bits per heavy atom. The van der Waals surface area contributed by atoms with Crippen LogP contribution in [0.2, 0.25) is 0 Å². The molecule has 0 bridgehead atoms. The van der Waals surface area contributed by atoms with Gasteiger partial charge in [0.25, 0.3) is 0 Å². The van der Waals surface area contributed by atoms with Crippen LogP contribution >= 0.6 is 0 Å². The van der Waals surface area contributed by atoms with Gasteiger partial charge in [0.2, 0.25) is 0 Å². The Hall–Kier alpha value is -1.62. The SMILES string of the molecule is Cc1nn(C)c(C)c1CC(N)CCc1cnn(C)c1. The molecule has 2 heterocycles. The number of aromatic nitrogens is 4. The molecule has 2 aromatic heterocycles. The molecule has 0 saturated carbocycles. The lowest BCUT2D eigenvalue weighted by Crippen LogP contribution is -2.24. The number of hydrogen-bond donors (Lipinski definition) is 1. The summed E-state index contributed by atoms with van der Waals surface area (Å²) >= 11 is 0. The van der Waals surface area contributed by atoms with Crippen molar-refractivity contribution >= 4 is 0 Å². The summed E-state index contributed by atoms with van der Waals surface area (Å²) in [6.45, 7) is 4.15. The third kappa shape index (κ3) is 3.23. The molecule has 0 radical (unpaired) electrons. The number of nitrogens with two attached hydrogens (primary N) is 1. The van der Waals surface area contributed by atoms with Gasteiger partial charge < -0.3 is 5.73 Å². The molecule has 0 aliphatic rings. The third-order valence-corrected chi connectivity index (χ3v) is 3.69. The summed E-state index contributed by atoms with van der Waals surface area (Å²) in [4.78, 5) is 0. The minimum atomic E-state index is 0.168. The first-order valence-electron chi connectivity index (χ1n) is 6.69. The Morgan fingerprint density at radius 3 is 2.58 bits per heavy atom. The second kappa shape index (κ2) is 5.57. The first-order chi connectivity index (χ1) is 8.97. The van der Waals surface area contributed by atoms with Crippen molar-refractivity contribution in [3.05, 3.63) is 34.9 Å². The quantitative estimate of drug-likeness (QED) is 0.881. The highest BCUT2D eigenvalue weighted by molar-refractivity contribution is 5.25. The Bertz CT molecular complexity index is 552. The van der Waals surface area contributed by atoms with E-state index < -0.39 is 0 Å². The fraction of sp³-hybridized carbons (Fsp3) is 0.571. The average molecular weight is 261 g/mol. The van der Waals surface area contributed by atoms with Crippen LogP contribution in [-0.4, -0.2) is 25.6 Å². The third-order valence-electron chi connectivity index (χ3n) is 3.69. The van der Waals surface area contributed by atoms with Crippen molar-refractivity contribution in [3.8, 4) is 0 Å². The summed E-state index contributed by atoms with van der Waals surface area (Å²) in [6.07, 6.45) is 6.80. The highest BCUT2D eigenvalue weighted by Gasteiger charge is 2.13. The monoisotopic (exact) mass is 261 g/mol. The summed E-state index contributed by atoms with van der Waals surface area (Å²) in [5.74, 6) is 0. The van der Waals surface area contributed by atoms with Gasteiger partial charge in [-0.15, -0.1) is 0 Å². The van der Waals surface area contributed by atoms with Crippen LogP contribution in [0.5, 0.6) is 0 Å². The zero-order valence-corrected chi connectivity index (χ0v) is 12.2. The molecule has 2 aromatic rings. The summed E-state index contributed by atoms with van der Waals surface area (Å²) in [6, 6.07) is 0.168. The zero-order valence-electron chi connectivity index (χ0n) is 12.2. The van der Waals surface area contributed by atoms with E-state index in [2.05, 4.69) is 24.0 Å². The normalized spacial score (nSPS) is 12.9. The average Bonchev–Trinajstić information content (AvgIpc) is 2.86. The van der Waals surface area contributed by atoms with Crippen LogP contribution in [-0.2, 0) is 26.9 Å². The molecular weight excluding hydrogens is 238 g/mol. The Morgan fingerprint density at radius 1 is 1.32 bits per heavy atom. The van der Waals surface area contributed by atoms with E-state index in [-0.39, 0.29) is 6.04 Å². The Kier molecular flexibility index (Phi) is 4.04. The predicted octanol–water partition coefficient (Wildman–Crippen LogP) is 1.27. The van der Waals surface area contributed by atoms with E-state index >= 15 is 0 Å². The van der Waals surface area contributed by atoms with Gasteiger partial charge in [0, 0.05) is 32.0 Å². The van der Waals surface area contributed by atoms with Gasteiger partial charge >= 0.3 is 0 Å². The van der Waals surface area contributed by atoms with Gasteiger partial charge in [-0.3, -0.25) is 9.36 Å². The molecule has 0 saturated heterocycles. The van der Waals surface area contributed by atoms with Crippen molar-refractivity contribution in [3.63, 3.8) is 0 Å². The fourth-order valence-electron chi connectivity index (χ4n) is 2.43. The van der Waals surface area contributed by atoms with Crippen molar-refractivity contribution in [2.24, 2.45) is 19.8 Å². The minimum Gasteiger partial charge on any atom is -0.327 e. The molecule has 5 heteroatoms. The molecule has 0 spiro atoms. The molecule has 0 aliphatic carbocycles. The number of nitrogens with zero attached hydrogens (tertiary/aromatic N) is 4. The van der Waals surface area contributed by atoms with Crippen molar-refractivity contribution in [1.29, 1.82) is 0 Å². The molecule has 0 fully saturated rings. The summed E-state index contributed by atoms with van der Waals surface area (Å²) < 4.78 is 3.76. The fourth-order valence-corrected chi connectivity index (χ4v) is 2.43. The molecule has 0 amide bonds. The van der Waals surface area contributed by atoms with E-state index in [0.29, 0.717) is 0 Å². The highest BCUT2D eigenvalue weighted by atomic mass is 15.3. The van der Waals surface area contributed by atoms with E-state index in [0.717, 1.165) is 25.0 Å². The van der Waals surface area contributed by atoms with E-state index in [1.807, 2.05) is 35.9 Å². The standard InChI is InChI=1S/C14H23N5/c1-10-14(11(2)19(4)17-10)7-13(15)6-5-12-8-16-18(3)9-12/h8-9,13H,5-7,15H2,1-4H3. The Balaban J connectivity index is 1.92. The minimum absolute atomic E-state index is 0.168. The molecule has 1 atom stereocenters. The maximum absolute atomic E-state index is 6.24. The van der Waals surface area contributed by atoms with Gasteiger partial charge in [0.1, 0.15) is 0 Å². The molecule has 2 rings (SSSR count). The second-order valence-corrected chi connectivity index (χ2v) is 5.30. The molecule has 5 nitrogen and oxygen atoms in total. The molecule has 19 heavy (non-hydrogen) atoms. The lowest BCUT2D eigenvalue weighted by Gasteiger charge is -2.11. The van der Waals surface area contributed by atoms with Crippen molar-refractivity contribution in [1.82, 2.24) is 19.6 Å². The summed E-state index contributed by atoms with van der Waals surface area (Å²) in [5, 5.41) is 8.61. The molecule has 0 aliphatic heterocycles. The van der Waals surface area contributed by atoms with Crippen LogP contribution in [0.15, 0.2) is 12.4 Å². The topological polar surface area (TPSA) is 61.7 Å². The van der Waals surface area contributed by atoms with Crippen LogP contribution in [0.1, 0.15) is 28.9 Å². The number of rotatable bonds is 5.